The van der Waals surface area contributed by atoms with E-state index in [1.165, 1.54) is 11.1 Å². The zero-order chi connectivity index (χ0) is 31.4. The molecule has 2 aliphatic heterocycles. The number of fused-ring (bicyclic) bond motifs is 4. The average Bonchev–Trinajstić information content (AvgIpc) is 3.89. The number of nitrogens with zero attached hydrogens (tertiary/aromatic N) is 2. The summed E-state index contributed by atoms with van der Waals surface area (Å²) in [7, 11) is -1.67. The van der Waals surface area contributed by atoms with Crippen LogP contribution in [0.15, 0.2) is 52.9 Å². The van der Waals surface area contributed by atoms with Gasteiger partial charge in [-0.05, 0) is 104 Å². The molecule has 11 heteroatoms. The highest BCUT2D eigenvalue weighted by Gasteiger charge is 2.80. The Bertz CT molecular complexity index is 1690. The second-order valence-electron chi connectivity index (χ2n) is 13.2. The molecule has 2 bridgehead atoms. The van der Waals surface area contributed by atoms with Crippen molar-refractivity contribution < 1.29 is 28.0 Å². The summed E-state index contributed by atoms with van der Waals surface area (Å²) < 4.78 is 37.9. The molecular formula is C34H40ClN3O6S. The first-order chi connectivity index (χ1) is 21.7. The van der Waals surface area contributed by atoms with Gasteiger partial charge in [0.1, 0.15) is 15.7 Å². The number of methoxy groups -OCH3 is 1. The second-order valence-corrected chi connectivity index (χ2v) is 15.7. The topological polar surface area (TPSA) is 107 Å². The van der Waals surface area contributed by atoms with Gasteiger partial charge < -0.3 is 19.1 Å². The van der Waals surface area contributed by atoms with Gasteiger partial charge in [0, 0.05) is 36.2 Å². The van der Waals surface area contributed by atoms with Crippen LogP contribution in [0.3, 0.4) is 0 Å². The maximum atomic E-state index is 13.8. The third kappa shape index (κ3) is 5.63. The van der Waals surface area contributed by atoms with Gasteiger partial charge in [0.25, 0.3) is 5.91 Å². The molecule has 2 amide bonds. The van der Waals surface area contributed by atoms with Crippen molar-refractivity contribution in [3.63, 3.8) is 0 Å². The van der Waals surface area contributed by atoms with Gasteiger partial charge in [-0.25, -0.2) is 13.7 Å². The summed E-state index contributed by atoms with van der Waals surface area (Å²) >= 11 is 6.42. The molecule has 9 nitrogen and oxygen atoms in total. The van der Waals surface area contributed by atoms with Crippen LogP contribution in [0, 0.1) is 17.3 Å². The summed E-state index contributed by atoms with van der Waals surface area (Å²) in [6.45, 7) is 3.85. The average molecular weight is 654 g/mol. The lowest BCUT2D eigenvalue weighted by Gasteiger charge is -2.41. The number of allylic oxidation sites excluding steroid dienone is 1. The number of carbonyl (C=O) groups excluding carboxylic acids is 2. The first kappa shape index (κ1) is 30.6. The van der Waals surface area contributed by atoms with E-state index in [0.717, 1.165) is 49.5 Å². The SMILES string of the molecule is CCOC(=O)N[S@]1(=O)=NC(=O)c2ccc3c(c2)N(CC24C[C@@H]2[C@@H]4[C@@H](OC)/C=C/CCC1)C[C@@]1(CCCc2cc(Cl)ccc21)CO3. The molecule has 0 aromatic heterocycles. The number of ether oxygens (including phenoxy) is 3. The van der Waals surface area contributed by atoms with Crippen LogP contribution in [-0.4, -0.2) is 61.5 Å². The number of anilines is 1. The van der Waals surface area contributed by atoms with E-state index < -0.39 is 21.9 Å². The van der Waals surface area contributed by atoms with Crippen molar-refractivity contribution >= 4 is 39.2 Å². The van der Waals surface area contributed by atoms with E-state index in [0.29, 0.717) is 42.6 Å². The van der Waals surface area contributed by atoms with Crippen LogP contribution in [-0.2, 0) is 31.2 Å². The van der Waals surface area contributed by atoms with Gasteiger partial charge in [-0.3, -0.25) is 4.79 Å². The number of aryl methyl sites for hydroxylation is 1. The van der Waals surface area contributed by atoms with Crippen LogP contribution < -0.4 is 14.4 Å². The molecule has 2 saturated carbocycles. The van der Waals surface area contributed by atoms with Crippen LogP contribution in [0.25, 0.3) is 0 Å². The van der Waals surface area contributed by atoms with E-state index in [2.05, 4.69) is 38.3 Å². The normalized spacial score (nSPS) is 34.2. The molecule has 2 aromatic carbocycles. The lowest BCUT2D eigenvalue weighted by atomic mass is 9.70. The van der Waals surface area contributed by atoms with E-state index >= 15 is 0 Å². The number of hydrogen-bond acceptors (Lipinski definition) is 7. The van der Waals surface area contributed by atoms with Crippen molar-refractivity contribution in [2.75, 3.05) is 44.1 Å². The van der Waals surface area contributed by atoms with Crippen molar-refractivity contribution in [1.82, 2.24) is 4.72 Å². The minimum Gasteiger partial charge on any atom is -0.490 e. The maximum Gasteiger partial charge on any atom is 0.419 e. The Kier molecular flexibility index (Phi) is 7.89. The second kappa shape index (κ2) is 11.6. The van der Waals surface area contributed by atoms with E-state index in [9.17, 15) is 13.8 Å². The maximum absolute atomic E-state index is 13.8. The Hall–Kier alpha value is -3.08. The van der Waals surface area contributed by atoms with Gasteiger partial charge in [-0.15, -0.1) is 4.36 Å². The molecule has 45 heavy (non-hydrogen) atoms. The lowest BCUT2D eigenvalue weighted by molar-refractivity contribution is 0.0964. The van der Waals surface area contributed by atoms with Crippen LogP contribution in [0.4, 0.5) is 10.5 Å². The molecule has 240 valence electrons. The highest BCUT2D eigenvalue weighted by Crippen LogP contribution is 2.81. The largest absolute Gasteiger partial charge is 0.490 e. The molecule has 1 N–H and O–H groups in total. The number of nitrogens with one attached hydrogen (secondary N) is 1. The van der Waals surface area contributed by atoms with Crippen molar-refractivity contribution in [3.8, 4) is 5.75 Å². The summed E-state index contributed by atoms with van der Waals surface area (Å²) in [4.78, 5) is 28.3. The molecule has 1 unspecified atom stereocenters. The fraction of sp³-hybridized carbons (Fsp3) is 0.529. The lowest BCUT2D eigenvalue weighted by Crippen LogP contribution is -2.47. The zero-order valence-corrected chi connectivity index (χ0v) is 27.3. The minimum atomic E-state index is -3.43. The van der Waals surface area contributed by atoms with Crippen LogP contribution in [0.5, 0.6) is 5.75 Å². The van der Waals surface area contributed by atoms with Crippen molar-refractivity contribution in [2.24, 2.45) is 21.6 Å². The van der Waals surface area contributed by atoms with E-state index in [1.54, 1.807) is 20.1 Å². The number of rotatable bonds is 3. The molecule has 2 fully saturated rings. The number of halogens is 1. The summed E-state index contributed by atoms with van der Waals surface area (Å²) in [5.74, 6) is 1.09. The van der Waals surface area contributed by atoms with Gasteiger partial charge in [-0.1, -0.05) is 29.8 Å². The molecule has 6 atom stereocenters. The number of amides is 2. The highest BCUT2D eigenvalue weighted by molar-refractivity contribution is 7.92. The van der Waals surface area contributed by atoms with Gasteiger partial charge in [-0.2, -0.15) is 0 Å². The molecule has 0 saturated heterocycles. The summed E-state index contributed by atoms with van der Waals surface area (Å²) in [5.41, 5.74) is 3.60. The van der Waals surface area contributed by atoms with E-state index in [4.69, 9.17) is 25.8 Å². The Morgan fingerprint density at radius 3 is 2.89 bits per heavy atom. The molecule has 2 aromatic rings. The van der Waals surface area contributed by atoms with Crippen LogP contribution >= 0.6 is 11.6 Å². The summed E-state index contributed by atoms with van der Waals surface area (Å²) in [6, 6.07) is 11.5. The number of hydrogen-bond donors (Lipinski definition) is 1. The number of carbonyl (C=O) groups is 2. The molecule has 2 heterocycles. The minimum absolute atomic E-state index is 0.00882. The molecular weight excluding hydrogens is 614 g/mol. The molecule has 0 radical (unpaired) electrons. The van der Waals surface area contributed by atoms with Gasteiger partial charge in [0.05, 0.1) is 30.8 Å². The van der Waals surface area contributed by atoms with Gasteiger partial charge in [0.2, 0.25) is 0 Å². The van der Waals surface area contributed by atoms with Gasteiger partial charge >= 0.3 is 6.09 Å². The molecule has 5 aliphatic rings. The standard InChI is InChI=1S/C34H40ClN3O6S/c1-3-43-32(40)37-45(41)15-6-4-5-9-29(42-2)30-26-18-34(26,30)20-38-19-33(14-7-8-22-16-24(35)11-12-25(22)33)21-44-28-13-10-23(17-27(28)38)31(39)36-45/h5,9-13,16-17,26,29-30H,3-4,6-8,14-15,18-21H2,1-2H3,(H,36,37,39,40,41)/b9-5+/t26-,29+,30-,33+,34?,45-/m1/s1. The highest BCUT2D eigenvalue weighted by atomic mass is 35.5. The summed E-state index contributed by atoms with van der Waals surface area (Å²) in [5, 5.41) is 0.744. The predicted molar refractivity (Wildman–Crippen MR) is 173 cm³/mol. The van der Waals surface area contributed by atoms with Crippen molar-refractivity contribution in [1.29, 1.82) is 0 Å². The fourth-order valence-electron chi connectivity index (χ4n) is 8.06. The third-order valence-electron chi connectivity index (χ3n) is 10.4. The first-order valence-corrected chi connectivity index (χ1v) is 18.0. The Morgan fingerprint density at radius 2 is 2.09 bits per heavy atom. The zero-order valence-electron chi connectivity index (χ0n) is 25.8. The predicted octanol–water partition coefficient (Wildman–Crippen LogP) is 6.08. The van der Waals surface area contributed by atoms with Crippen molar-refractivity contribution in [3.05, 3.63) is 70.3 Å². The van der Waals surface area contributed by atoms with Crippen LogP contribution in [0.2, 0.25) is 5.02 Å². The van der Waals surface area contributed by atoms with Crippen molar-refractivity contribution in [2.45, 2.75) is 57.0 Å². The first-order valence-electron chi connectivity index (χ1n) is 15.9. The quantitative estimate of drug-likeness (QED) is 0.400. The van der Waals surface area contributed by atoms with E-state index in [1.807, 2.05) is 18.2 Å². The molecule has 3 aliphatic carbocycles. The Balaban J connectivity index is 1.31. The monoisotopic (exact) mass is 653 g/mol. The molecule has 7 rings (SSSR count). The fourth-order valence-corrected chi connectivity index (χ4v) is 9.74. The Morgan fingerprint density at radius 1 is 1.22 bits per heavy atom. The molecule has 2 spiro atoms. The Labute approximate surface area is 269 Å². The van der Waals surface area contributed by atoms with Gasteiger partial charge in [0.15, 0.2) is 0 Å². The third-order valence-corrected chi connectivity index (χ3v) is 12.5. The smallest absolute Gasteiger partial charge is 0.419 e. The van der Waals surface area contributed by atoms with Crippen LogP contribution in [0.1, 0.15) is 60.5 Å². The van der Waals surface area contributed by atoms with E-state index in [-0.39, 0.29) is 29.3 Å². The summed E-state index contributed by atoms with van der Waals surface area (Å²) in [6.07, 6.45) is 8.56. The number of benzene rings is 2.